The Kier molecular flexibility index (Phi) is 5.59. The molecule has 5 aromatic rings. The highest BCUT2D eigenvalue weighted by molar-refractivity contribution is 7.25. The molecule has 0 fully saturated rings. The predicted molar refractivity (Wildman–Crippen MR) is 139 cm³/mol. The number of fused-ring (bicyclic) bond motifs is 3. The van der Waals surface area contributed by atoms with Crippen molar-refractivity contribution in [3.8, 4) is 5.69 Å². The fourth-order valence-corrected chi connectivity index (χ4v) is 5.47. The van der Waals surface area contributed by atoms with Crippen molar-refractivity contribution >= 4 is 54.8 Å². The molecule has 0 unspecified atom stereocenters. The van der Waals surface area contributed by atoms with Gasteiger partial charge in [0.25, 0.3) is 5.56 Å². The summed E-state index contributed by atoms with van der Waals surface area (Å²) in [5, 5.41) is 4.14. The van der Waals surface area contributed by atoms with E-state index < -0.39 is 11.2 Å². The van der Waals surface area contributed by atoms with Crippen LogP contribution in [0.3, 0.4) is 0 Å². The third-order valence-electron chi connectivity index (χ3n) is 5.55. The Morgan fingerprint density at radius 3 is 2.35 bits per heavy atom. The molecule has 0 aliphatic heterocycles. The lowest BCUT2D eigenvalue weighted by Crippen LogP contribution is -2.40. The summed E-state index contributed by atoms with van der Waals surface area (Å²) < 4.78 is 3.75. The lowest BCUT2D eigenvalue weighted by molar-refractivity contribution is -0.116. The number of thiophene rings is 1. The first-order valence-corrected chi connectivity index (χ1v) is 11.8. The van der Waals surface area contributed by atoms with Gasteiger partial charge in [0.05, 0.1) is 11.2 Å². The van der Waals surface area contributed by atoms with Crippen LogP contribution in [0.1, 0.15) is 11.1 Å². The molecule has 1 N–H and O–H groups in total. The van der Waals surface area contributed by atoms with Gasteiger partial charge in [0.2, 0.25) is 5.91 Å². The topological polar surface area (TPSA) is 73.1 Å². The minimum Gasteiger partial charge on any atom is -0.325 e. The van der Waals surface area contributed by atoms with Crippen molar-refractivity contribution < 1.29 is 4.79 Å². The van der Waals surface area contributed by atoms with Crippen LogP contribution in [0, 0.1) is 13.8 Å². The number of rotatable bonds is 4. The minimum absolute atomic E-state index is 0.239. The molecule has 34 heavy (non-hydrogen) atoms. The van der Waals surface area contributed by atoms with Crippen LogP contribution in [0.4, 0.5) is 5.69 Å². The second-order valence-corrected chi connectivity index (χ2v) is 9.67. The predicted octanol–water partition coefficient (Wildman–Crippen LogP) is 5.28. The van der Waals surface area contributed by atoms with E-state index in [1.54, 1.807) is 24.3 Å². The number of nitrogens with one attached hydrogen (secondary N) is 1. The highest BCUT2D eigenvalue weighted by Gasteiger charge is 2.20. The van der Waals surface area contributed by atoms with E-state index in [4.69, 9.17) is 11.6 Å². The average molecular weight is 490 g/mol. The van der Waals surface area contributed by atoms with E-state index in [0.29, 0.717) is 26.6 Å². The molecule has 0 radical (unpaired) electrons. The van der Waals surface area contributed by atoms with Gasteiger partial charge >= 0.3 is 5.69 Å². The number of nitrogens with zero attached hydrogens (tertiary/aromatic N) is 2. The van der Waals surface area contributed by atoms with Gasteiger partial charge in [-0.25, -0.2) is 9.36 Å². The lowest BCUT2D eigenvalue weighted by atomic mass is 10.1. The van der Waals surface area contributed by atoms with Crippen LogP contribution in [-0.2, 0) is 11.3 Å². The number of benzene rings is 3. The van der Waals surface area contributed by atoms with Crippen molar-refractivity contribution in [1.29, 1.82) is 0 Å². The fraction of sp³-hybridized carbons (Fsp3) is 0.115. The zero-order valence-corrected chi connectivity index (χ0v) is 20.0. The number of carbonyl (C=O) groups excluding carboxylic acids is 1. The number of anilines is 1. The number of aromatic nitrogens is 2. The van der Waals surface area contributed by atoms with Crippen LogP contribution in [-0.4, -0.2) is 15.0 Å². The van der Waals surface area contributed by atoms with Crippen LogP contribution >= 0.6 is 22.9 Å². The number of hydrogen-bond acceptors (Lipinski definition) is 4. The van der Waals surface area contributed by atoms with Crippen LogP contribution in [0.25, 0.3) is 26.0 Å². The van der Waals surface area contributed by atoms with Gasteiger partial charge in [-0.15, -0.1) is 11.3 Å². The Hall–Kier alpha value is -3.68. The average Bonchev–Trinajstić information content (AvgIpc) is 3.17. The van der Waals surface area contributed by atoms with Gasteiger partial charge in [-0.1, -0.05) is 35.9 Å². The summed E-state index contributed by atoms with van der Waals surface area (Å²) in [6.45, 7) is 3.67. The van der Waals surface area contributed by atoms with Crippen LogP contribution < -0.4 is 16.6 Å². The van der Waals surface area contributed by atoms with Crippen molar-refractivity contribution in [3.63, 3.8) is 0 Å². The first-order chi connectivity index (χ1) is 16.3. The molecule has 3 aromatic carbocycles. The van der Waals surface area contributed by atoms with E-state index in [1.807, 2.05) is 56.3 Å². The summed E-state index contributed by atoms with van der Waals surface area (Å²) in [5.41, 5.74) is 2.56. The molecule has 0 spiro atoms. The second-order valence-electron chi connectivity index (χ2n) is 8.19. The van der Waals surface area contributed by atoms with Crippen LogP contribution in [0.15, 0.2) is 76.3 Å². The number of amides is 1. The molecule has 6 nitrogen and oxygen atoms in total. The highest BCUT2D eigenvalue weighted by atomic mass is 35.5. The zero-order chi connectivity index (χ0) is 24.0. The molecule has 0 saturated heterocycles. The Labute approximate surface area is 203 Å². The molecule has 0 aliphatic carbocycles. The standard InChI is InChI=1S/C26H20ClN3O3S/c1-15-11-16(2)13-18(12-15)28-22(31)14-29-23-20-5-3-4-6-21(20)34-24(23)25(32)30(26(29)33)19-9-7-17(27)8-10-19/h3-13H,14H2,1-2H3,(H,28,31). The summed E-state index contributed by atoms with van der Waals surface area (Å²) in [4.78, 5) is 40.1. The van der Waals surface area contributed by atoms with E-state index in [-0.39, 0.29) is 12.5 Å². The molecule has 170 valence electrons. The van der Waals surface area contributed by atoms with Gasteiger partial charge in [0.1, 0.15) is 11.2 Å². The van der Waals surface area contributed by atoms with Crippen LogP contribution in [0.2, 0.25) is 5.02 Å². The Bertz CT molecular complexity index is 1680. The van der Waals surface area contributed by atoms with Gasteiger partial charge in [-0.2, -0.15) is 0 Å². The van der Waals surface area contributed by atoms with Gasteiger partial charge in [-0.3, -0.25) is 14.2 Å². The van der Waals surface area contributed by atoms with Crippen molar-refractivity contribution in [2.75, 3.05) is 5.32 Å². The largest absolute Gasteiger partial charge is 0.336 e. The zero-order valence-electron chi connectivity index (χ0n) is 18.5. The number of carbonyl (C=O) groups is 1. The molecule has 8 heteroatoms. The molecule has 0 bridgehead atoms. The third kappa shape index (κ3) is 3.93. The Morgan fingerprint density at radius 1 is 0.971 bits per heavy atom. The van der Waals surface area contributed by atoms with Gasteiger partial charge in [0.15, 0.2) is 0 Å². The quantitative estimate of drug-likeness (QED) is 0.373. The summed E-state index contributed by atoms with van der Waals surface area (Å²) in [7, 11) is 0. The monoisotopic (exact) mass is 489 g/mol. The first-order valence-electron chi connectivity index (χ1n) is 10.6. The summed E-state index contributed by atoms with van der Waals surface area (Å²) in [5.74, 6) is -0.356. The second kappa shape index (κ2) is 8.59. The van der Waals surface area contributed by atoms with Crippen molar-refractivity contribution in [3.05, 3.63) is 104 Å². The van der Waals surface area contributed by atoms with Crippen LogP contribution in [0.5, 0.6) is 0 Å². The van der Waals surface area contributed by atoms with Gasteiger partial charge in [0, 0.05) is 20.8 Å². The Balaban J connectivity index is 1.70. The van der Waals surface area contributed by atoms with E-state index in [1.165, 1.54) is 15.9 Å². The van der Waals surface area contributed by atoms with E-state index in [0.717, 1.165) is 25.8 Å². The maximum absolute atomic E-state index is 13.6. The first kappa shape index (κ1) is 22.1. The van der Waals surface area contributed by atoms with Crippen molar-refractivity contribution in [2.45, 2.75) is 20.4 Å². The van der Waals surface area contributed by atoms with E-state index in [9.17, 15) is 14.4 Å². The Morgan fingerprint density at radius 2 is 1.65 bits per heavy atom. The van der Waals surface area contributed by atoms with E-state index in [2.05, 4.69) is 5.32 Å². The summed E-state index contributed by atoms with van der Waals surface area (Å²) in [6.07, 6.45) is 0. The third-order valence-corrected chi connectivity index (χ3v) is 6.95. The summed E-state index contributed by atoms with van der Waals surface area (Å²) in [6, 6.07) is 19.7. The highest BCUT2D eigenvalue weighted by Crippen LogP contribution is 2.31. The smallest absolute Gasteiger partial charge is 0.325 e. The molecule has 2 aromatic heterocycles. The van der Waals surface area contributed by atoms with Crippen molar-refractivity contribution in [1.82, 2.24) is 9.13 Å². The normalized spacial score (nSPS) is 11.3. The van der Waals surface area contributed by atoms with Crippen molar-refractivity contribution in [2.24, 2.45) is 0 Å². The minimum atomic E-state index is -0.584. The molecule has 5 rings (SSSR count). The maximum atomic E-state index is 13.6. The fourth-order valence-electron chi connectivity index (χ4n) is 4.21. The number of halogens is 1. The molecule has 0 atom stereocenters. The molecular weight excluding hydrogens is 470 g/mol. The maximum Gasteiger partial charge on any atom is 0.336 e. The molecular formula is C26H20ClN3O3S. The van der Waals surface area contributed by atoms with Gasteiger partial charge < -0.3 is 5.32 Å². The molecule has 1 amide bonds. The molecule has 0 saturated carbocycles. The number of aryl methyl sites for hydroxylation is 2. The molecule has 0 aliphatic rings. The number of hydrogen-bond donors (Lipinski definition) is 1. The van der Waals surface area contributed by atoms with Gasteiger partial charge in [-0.05, 0) is 67.4 Å². The molecule has 2 heterocycles. The summed E-state index contributed by atoms with van der Waals surface area (Å²) >= 11 is 7.31. The lowest BCUT2D eigenvalue weighted by Gasteiger charge is -2.13. The van der Waals surface area contributed by atoms with E-state index >= 15 is 0 Å². The SMILES string of the molecule is Cc1cc(C)cc(NC(=O)Cn2c(=O)n(-c3ccc(Cl)cc3)c(=O)c3sc4ccccc4c32)c1.